The number of aliphatic imine (C=N–C) groups is 1. The highest BCUT2D eigenvalue weighted by Gasteiger charge is 2.17. The largest absolute Gasteiger partial charge is 0.370 e. The fraction of sp³-hybridized carbons (Fsp3) is 0.500. The Morgan fingerprint density at radius 2 is 2.26 bits per heavy atom. The summed E-state index contributed by atoms with van der Waals surface area (Å²) in [6.45, 7) is 4.74. The van der Waals surface area contributed by atoms with Crippen LogP contribution in [0.15, 0.2) is 23.2 Å². The molecule has 1 aromatic carbocycles. The summed E-state index contributed by atoms with van der Waals surface area (Å²) in [5.41, 5.74) is 8.09. The first kappa shape index (κ1) is 18.3. The minimum Gasteiger partial charge on any atom is -0.370 e. The van der Waals surface area contributed by atoms with Crippen LogP contribution in [0.25, 0.3) is 11.0 Å². The molecule has 1 aromatic heterocycles. The maximum Gasteiger partial charge on any atom is 0.191 e. The molecular formula is C16H23ClIN5. The Hall–Kier alpha value is -1.02. The van der Waals surface area contributed by atoms with Crippen LogP contribution in [0.4, 0.5) is 0 Å². The van der Waals surface area contributed by atoms with Crippen LogP contribution < -0.4 is 5.73 Å². The SMILES string of the molecule is CC1CCCN(C(N)=NCc2nc3cc(Cl)ccc3n2C)C1.I. The van der Waals surface area contributed by atoms with E-state index in [0.29, 0.717) is 23.4 Å². The van der Waals surface area contributed by atoms with Crippen molar-refractivity contribution in [1.82, 2.24) is 14.5 Å². The highest BCUT2D eigenvalue weighted by atomic mass is 127. The van der Waals surface area contributed by atoms with Gasteiger partial charge in [-0.3, -0.25) is 0 Å². The Morgan fingerprint density at radius 3 is 3.00 bits per heavy atom. The Kier molecular flexibility index (Phi) is 6.13. The smallest absolute Gasteiger partial charge is 0.191 e. The van der Waals surface area contributed by atoms with Crippen LogP contribution in [0.5, 0.6) is 0 Å². The van der Waals surface area contributed by atoms with E-state index in [1.807, 2.05) is 29.8 Å². The lowest BCUT2D eigenvalue weighted by atomic mass is 10.0. The Bertz CT molecular complexity index is 712. The van der Waals surface area contributed by atoms with Gasteiger partial charge in [-0.05, 0) is 37.0 Å². The van der Waals surface area contributed by atoms with Gasteiger partial charge in [0.25, 0.3) is 0 Å². The van der Waals surface area contributed by atoms with E-state index in [0.717, 1.165) is 29.9 Å². The van der Waals surface area contributed by atoms with Crippen molar-refractivity contribution >= 4 is 52.6 Å². The zero-order valence-electron chi connectivity index (χ0n) is 13.5. The van der Waals surface area contributed by atoms with Crippen LogP contribution in [0.3, 0.4) is 0 Å². The minimum absolute atomic E-state index is 0. The van der Waals surface area contributed by atoms with Crippen molar-refractivity contribution in [3.05, 3.63) is 29.0 Å². The second-order valence-corrected chi connectivity index (χ2v) is 6.52. The summed E-state index contributed by atoms with van der Waals surface area (Å²) >= 11 is 6.02. The van der Waals surface area contributed by atoms with E-state index < -0.39 is 0 Å². The molecule has 7 heteroatoms. The molecule has 0 bridgehead atoms. The number of benzene rings is 1. The number of fused-ring (bicyclic) bond motifs is 1. The number of halogens is 2. The predicted molar refractivity (Wildman–Crippen MR) is 106 cm³/mol. The van der Waals surface area contributed by atoms with Crippen molar-refractivity contribution in [1.29, 1.82) is 0 Å². The van der Waals surface area contributed by atoms with Crippen molar-refractivity contribution in [3.8, 4) is 0 Å². The van der Waals surface area contributed by atoms with Crippen LogP contribution in [0, 0.1) is 5.92 Å². The van der Waals surface area contributed by atoms with Gasteiger partial charge in [0, 0.05) is 25.2 Å². The fourth-order valence-electron chi connectivity index (χ4n) is 3.01. The lowest BCUT2D eigenvalue weighted by molar-refractivity contribution is 0.270. The van der Waals surface area contributed by atoms with Gasteiger partial charge >= 0.3 is 0 Å². The molecule has 0 aliphatic carbocycles. The van der Waals surface area contributed by atoms with Gasteiger partial charge in [-0.2, -0.15) is 0 Å². The monoisotopic (exact) mass is 447 g/mol. The van der Waals surface area contributed by atoms with Crippen LogP contribution >= 0.6 is 35.6 Å². The van der Waals surface area contributed by atoms with Gasteiger partial charge in [0.15, 0.2) is 5.96 Å². The first-order chi connectivity index (χ1) is 10.5. The number of guanidine groups is 1. The summed E-state index contributed by atoms with van der Waals surface area (Å²) in [7, 11) is 1.99. The fourth-order valence-corrected chi connectivity index (χ4v) is 3.18. The summed E-state index contributed by atoms with van der Waals surface area (Å²) in [4.78, 5) is 11.3. The quantitative estimate of drug-likeness (QED) is 0.436. The molecule has 1 aliphatic heterocycles. The maximum absolute atomic E-state index is 6.14. The van der Waals surface area contributed by atoms with Gasteiger partial charge < -0.3 is 15.2 Å². The summed E-state index contributed by atoms with van der Waals surface area (Å²) < 4.78 is 2.04. The Labute approximate surface area is 158 Å². The molecule has 0 radical (unpaired) electrons. The standard InChI is InChI=1S/C16H22ClN5.HI/c1-11-4-3-7-22(10-11)16(18)19-9-15-20-13-8-12(17)5-6-14(13)21(15)2;/h5-6,8,11H,3-4,7,9-10H2,1-2H3,(H2,18,19);1H. The van der Waals surface area contributed by atoms with Gasteiger partial charge in [0.2, 0.25) is 0 Å². The van der Waals surface area contributed by atoms with E-state index in [-0.39, 0.29) is 24.0 Å². The van der Waals surface area contributed by atoms with E-state index in [9.17, 15) is 0 Å². The molecule has 5 nitrogen and oxygen atoms in total. The first-order valence-electron chi connectivity index (χ1n) is 7.70. The molecule has 2 N–H and O–H groups in total. The summed E-state index contributed by atoms with van der Waals surface area (Å²) in [5, 5.41) is 0.697. The molecule has 126 valence electrons. The molecule has 1 aliphatic rings. The molecule has 1 atom stereocenters. The number of aromatic nitrogens is 2. The van der Waals surface area contributed by atoms with Crippen LogP contribution in [-0.4, -0.2) is 33.5 Å². The van der Waals surface area contributed by atoms with Gasteiger partial charge in [0.1, 0.15) is 12.4 Å². The Morgan fingerprint density at radius 1 is 1.48 bits per heavy atom. The van der Waals surface area contributed by atoms with Crippen LogP contribution in [-0.2, 0) is 13.6 Å². The molecule has 3 rings (SSSR count). The molecule has 23 heavy (non-hydrogen) atoms. The van der Waals surface area contributed by atoms with Crippen molar-refractivity contribution in [3.63, 3.8) is 0 Å². The number of piperidine rings is 1. The van der Waals surface area contributed by atoms with Crippen molar-refractivity contribution < 1.29 is 0 Å². The third kappa shape index (κ3) is 4.09. The molecule has 1 unspecified atom stereocenters. The topological polar surface area (TPSA) is 59.4 Å². The number of hydrogen-bond donors (Lipinski definition) is 1. The average molecular weight is 448 g/mol. The summed E-state index contributed by atoms with van der Waals surface area (Å²) in [6, 6.07) is 5.73. The van der Waals surface area contributed by atoms with Crippen molar-refractivity contribution in [2.24, 2.45) is 23.7 Å². The number of aryl methyl sites for hydroxylation is 1. The third-order valence-corrected chi connectivity index (χ3v) is 4.53. The molecule has 1 fully saturated rings. The number of rotatable bonds is 2. The normalized spacial score (nSPS) is 19.0. The summed E-state index contributed by atoms with van der Waals surface area (Å²) in [5.74, 6) is 2.20. The highest BCUT2D eigenvalue weighted by molar-refractivity contribution is 14.0. The molecular weight excluding hydrogens is 425 g/mol. The lowest BCUT2D eigenvalue weighted by Gasteiger charge is -2.31. The number of nitrogens with two attached hydrogens (primary N) is 1. The van der Waals surface area contributed by atoms with E-state index in [1.165, 1.54) is 12.8 Å². The summed E-state index contributed by atoms with van der Waals surface area (Å²) in [6.07, 6.45) is 2.46. The zero-order chi connectivity index (χ0) is 15.7. The van der Waals surface area contributed by atoms with Crippen molar-refractivity contribution in [2.45, 2.75) is 26.3 Å². The van der Waals surface area contributed by atoms with E-state index in [1.54, 1.807) is 0 Å². The number of likely N-dealkylation sites (tertiary alicyclic amines) is 1. The number of imidazole rings is 1. The molecule has 0 spiro atoms. The number of nitrogens with zero attached hydrogens (tertiary/aromatic N) is 4. The third-order valence-electron chi connectivity index (χ3n) is 4.30. The average Bonchev–Trinajstić information content (AvgIpc) is 2.80. The Balaban J connectivity index is 0.00000192. The van der Waals surface area contributed by atoms with Gasteiger partial charge in [0.05, 0.1) is 11.0 Å². The zero-order valence-corrected chi connectivity index (χ0v) is 16.6. The van der Waals surface area contributed by atoms with Crippen molar-refractivity contribution in [2.75, 3.05) is 13.1 Å². The van der Waals surface area contributed by atoms with Gasteiger partial charge in [-0.1, -0.05) is 18.5 Å². The van der Waals surface area contributed by atoms with Crippen LogP contribution in [0.2, 0.25) is 5.02 Å². The molecule has 0 saturated carbocycles. The van der Waals surface area contributed by atoms with E-state index in [4.69, 9.17) is 17.3 Å². The number of hydrogen-bond acceptors (Lipinski definition) is 2. The maximum atomic E-state index is 6.14. The molecule has 2 heterocycles. The van der Waals surface area contributed by atoms with Gasteiger partial charge in [-0.25, -0.2) is 9.98 Å². The molecule has 1 saturated heterocycles. The van der Waals surface area contributed by atoms with Gasteiger partial charge in [-0.15, -0.1) is 24.0 Å². The minimum atomic E-state index is 0. The highest BCUT2D eigenvalue weighted by Crippen LogP contribution is 2.20. The van der Waals surface area contributed by atoms with E-state index in [2.05, 4.69) is 21.8 Å². The first-order valence-corrected chi connectivity index (χ1v) is 8.08. The van der Waals surface area contributed by atoms with E-state index >= 15 is 0 Å². The van der Waals surface area contributed by atoms with Crippen LogP contribution in [0.1, 0.15) is 25.6 Å². The molecule has 0 amide bonds. The molecule has 2 aromatic rings. The second kappa shape index (κ2) is 7.70. The second-order valence-electron chi connectivity index (χ2n) is 6.09. The predicted octanol–water partition coefficient (Wildman–Crippen LogP) is 3.39. The lowest BCUT2D eigenvalue weighted by Crippen LogP contribution is -2.43.